The zero-order valence-electron chi connectivity index (χ0n) is 15.1. The highest BCUT2D eigenvalue weighted by atomic mass is 32.2. The molecule has 0 saturated heterocycles. The number of thioether (sulfide) groups is 1. The molecule has 0 aromatic heterocycles. The number of esters is 1. The van der Waals surface area contributed by atoms with Crippen LogP contribution in [0.1, 0.15) is 27.9 Å². The fourth-order valence-electron chi connectivity index (χ4n) is 2.31. The molecule has 0 heterocycles. The molecular formula is C20H24N2O2S2. The highest BCUT2D eigenvalue weighted by molar-refractivity contribution is 7.98. The zero-order valence-corrected chi connectivity index (χ0v) is 16.7. The van der Waals surface area contributed by atoms with E-state index in [9.17, 15) is 4.79 Å². The molecule has 0 bridgehead atoms. The summed E-state index contributed by atoms with van der Waals surface area (Å²) in [7, 11) is 1.37. The van der Waals surface area contributed by atoms with E-state index >= 15 is 0 Å². The summed E-state index contributed by atoms with van der Waals surface area (Å²) in [6, 6.07) is 15.8. The van der Waals surface area contributed by atoms with Gasteiger partial charge in [-0.3, -0.25) is 0 Å². The van der Waals surface area contributed by atoms with Gasteiger partial charge in [-0.2, -0.15) is 11.8 Å². The summed E-state index contributed by atoms with van der Waals surface area (Å²) in [5.74, 6) is 1.74. The van der Waals surface area contributed by atoms with Crippen LogP contribution in [-0.2, 0) is 10.5 Å². The first kappa shape index (κ1) is 20.3. The Balaban J connectivity index is 1.69. The standard InChI is InChI=1S/C20H24N2O2S2/c1-15-9-10-17(19(23)24-2)13-18(15)22-20(25)21-11-6-12-26-14-16-7-4-3-5-8-16/h3-5,7-10,13H,6,11-12,14H2,1-2H3,(H2,21,22,25). The molecule has 26 heavy (non-hydrogen) atoms. The quantitative estimate of drug-likeness (QED) is 0.397. The number of aryl methyl sites for hydroxylation is 1. The molecular weight excluding hydrogens is 364 g/mol. The van der Waals surface area contributed by atoms with E-state index in [0.717, 1.165) is 35.7 Å². The van der Waals surface area contributed by atoms with Crippen LogP contribution in [0.25, 0.3) is 0 Å². The lowest BCUT2D eigenvalue weighted by molar-refractivity contribution is 0.0601. The number of methoxy groups -OCH3 is 1. The Bertz CT molecular complexity index is 736. The predicted molar refractivity (Wildman–Crippen MR) is 114 cm³/mol. The number of anilines is 1. The van der Waals surface area contributed by atoms with Crippen molar-refractivity contribution in [3.05, 3.63) is 65.2 Å². The lowest BCUT2D eigenvalue weighted by Crippen LogP contribution is -2.29. The van der Waals surface area contributed by atoms with Crippen molar-refractivity contribution < 1.29 is 9.53 Å². The van der Waals surface area contributed by atoms with Crippen molar-refractivity contribution in [1.29, 1.82) is 0 Å². The third-order valence-corrected chi connectivity index (χ3v) is 5.13. The second-order valence-electron chi connectivity index (χ2n) is 5.79. The molecule has 0 aliphatic rings. The summed E-state index contributed by atoms with van der Waals surface area (Å²) in [6.45, 7) is 2.77. The molecule has 0 amide bonds. The van der Waals surface area contributed by atoms with Gasteiger partial charge in [-0.25, -0.2) is 4.79 Å². The van der Waals surface area contributed by atoms with Crippen LogP contribution in [0.5, 0.6) is 0 Å². The number of rotatable bonds is 8. The van der Waals surface area contributed by atoms with E-state index < -0.39 is 0 Å². The van der Waals surface area contributed by atoms with Gasteiger partial charge in [0.15, 0.2) is 5.11 Å². The normalized spacial score (nSPS) is 10.2. The monoisotopic (exact) mass is 388 g/mol. The first-order valence-electron chi connectivity index (χ1n) is 8.45. The maximum atomic E-state index is 11.6. The lowest BCUT2D eigenvalue weighted by atomic mass is 10.1. The van der Waals surface area contributed by atoms with Gasteiger partial charge in [0.25, 0.3) is 0 Å². The van der Waals surface area contributed by atoms with Crippen LogP contribution in [0, 0.1) is 6.92 Å². The van der Waals surface area contributed by atoms with Crippen LogP contribution < -0.4 is 10.6 Å². The zero-order chi connectivity index (χ0) is 18.8. The minimum Gasteiger partial charge on any atom is -0.465 e. The van der Waals surface area contributed by atoms with Gasteiger partial charge in [0, 0.05) is 18.0 Å². The number of thiocarbonyl (C=S) groups is 1. The van der Waals surface area contributed by atoms with E-state index in [0.29, 0.717) is 10.7 Å². The first-order valence-corrected chi connectivity index (χ1v) is 10.0. The number of carbonyl (C=O) groups excluding carboxylic acids is 1. The maximum absolute atomic E-state index is 11.6. The Kier molecular flexibility index (Phi) is 8.44. The van der Waals surface area contributed by atoms with Crippen molar-refractivity contribution in [3.63, 3.8) is 0 Å². The van der Waals surface area contributed by atoms with Crippen LogP contribution in [0.2, 0.25) is 0 Å². The van der Waals surface area contributed by atoms with Gasteiger partial charge in [0.05, 0.1) is 12.7 Å². The highest BCUT2D eigenvalue weighted by Gasteiger charge is 2.08. The number of hydrogen-bond acceptors (Lipinski definition) is 4. The summed E-state index contributed by atoms with van der Waals surface area (Å²) in [4.78, 5) is 11.6. The molecule has 2 N–H and O–H groups in total. The molecule has 0 unspecified atom stereocenters. The second kappa shape index (κ2) is 10.8. The van der Waals surface area contributed by atoms with E-state index in [4.69, 9.17) is 17.0 Å². The molecule has 0 aliphatic heterocycles. The third kappa shape index (κ3) is 6.69. The largest absolute Gasteiger partial charge is 0.465 e. The average molecular weight is 389 g/mol. The maximum Gasteiger partial charge on any atom is 0.337 e. The molecule has 0 atom stereocenters. The number of ether oxygens (including phenoxy) is 1. The van der Waals surface area contributed by atoms with Crippen molar-refractivity contribution in [1.82, 2.24) is 5.32 Å². The van der Waals surface area contributed by atoms with Gasteiger partial charge in [-0.05, 0) is 54.6 Å². The Morgan fingerprint density at radius 1 is 1.19 bits per heavy atom. The Morgan fingerprint density at radius 2 is 1.96 bits per heavy atom. The van der Waals surface area contributed by atoms with Crippen molar-refractivity contribution in [2.24, 2.45) is 0 Å². The van der Waals surface area contributed by atoms with Gasteiger partial charge in [0.2, 0.25) is 0 Å². The van der Waals surface area contributed by atoms with E-state index in [2.05, 4.69) is 34.9 Å². The molecule has 0 radical (unpaired) electrons. The van der Waals surface area contributed by atoms with Crippen molar-refractivity contribution in [2.45, 2.75) is 19.1 Å². The van der Waals surface area contributed by atoms with Crippen LogP contribution in [-0.4, -0.2) is 30.5 Å². The smallest absolute Gasteiger partial charge is 0.337 e. The van der Waals surface area contributed by atoms with E-state index in [1.165, 1.54) is 12.7 Å². The molecule has 0 saturated carbocycles. The summed E-state index contributed by atoms with van der Waals surface area (Å²) in [5.41, 5.74) is 3.67. The predicted octanol–water partition coefficient (Wildman–Crippen LogP) is 4.39. The van der Waals surface area contributed by atoms with Crippen LogP contribution in [0.3, 0.4) is 0 Å². The Hall–Kier alpha value is -2.05. The molecule has 6 heteroatoms. The Labute approximate surface area is 164 Å². The summed E-state index contributed by atoms with van der Waals surface area (Å²) in [6.07, 6.45) is 1.03. The second-order valence-corrected chi connectivity index (χ2v) is 7.31. The molecule has 0 fully saturated rings. The van der Waals surface area contributed by atoms with Crippen LogP contribution in [0.4, 0.5) is 5.69 Å². The average Bonchev–Trinajstić information content (AvgIpc) is 2.66. The minimum atomic E-state index is -0.359. The van der Waals surface area contributed by atoms with Crippen LogP contribution >= 0.6 is 24.0 Å². The van der Waals surface area contributed by atoms with Crippen molar-refractivity contribution in [3.8, 4) is 0 Å². The number of nitrogens with one attached hydrogen (secondary N) is 2. The van der Waals surface area contributed by atoms with Gasteiger partial charge in [0.1, 0.15) is 0 Å². The molecule has 2 aromatic rings. The lowest BCUT2D eigenvalue weighted by Gasteiger charge is -2.13. The van der Waals surface area contributed by atoms with Gasteiger partial charge in [-0.15, -0.1) is 0 Å². The van der Waals surface area contributed by atoms with Gasteiger partial charge in [-0.1, -0.05) is 36.4 Å². The third-order valence-electron chi connectivity index (χ3n) is 3.77. The number of carbonyl (C=O) groups is 1. The van der Waals surface area contributed by atoms with Crippen LogP contribution in [0.15, 0.2) is 48.5 Å². The van der Waals surface area contributed by atoms with Crippen molar-refractivity contribution >= 4 is 40.7 Å². The van der Waals surface area contributed by atoms with Crippen molar-refractivity contribution in [2.75, 3.05) is 24.7 Å². The van der Waals surface area contributed by atoms with Gasteiger partial charge < -0.3 is 15.4 Å². The summed E-state index contributed by atoms with van der Waals surface area (Å²) >= 11 is 7.26. The molecule has 4 nitrogen and oxygen atoms in total. The Morgan fingerprint density at radius 3 is 2.69 bits per heavy atom. The fourth-order valence-corrected chi connectivity index (χ4v) is 3.44. The summed E-state index contributed by atoms with van der Waals surface area (Å²) < 4.78 is 4.75. The molecule has 138 valence electrons. The molecule has 0 aliphatic carbocycles. The SMILES string of the molecule is COC(=O)c1ccc(C)c(NC(=S)NCCCSCc2ccccc2)c1. The van der Waals surface area contributed by atoms with E-state index in [1.807, 2.05) is 30.8 Å². The fraction of sp³-hybridized carbons (Fsp3) is 0.300. The number of hydrogen-bond donors (Lipinski definition) is 2. The summed E-state index contributed by atoms with van der Waals surface area (Å²) in [5, 5.41) is 6.92. The molecule has 0 spiro atoms. The van der Waals surface area contributed by atoms with E-state index in [1.54, 1.807) is 12.1 Å². The molecule has 2 rings (SSSR count). The number of benzene rings is 2. The molecule has 2 aromatic carbocycles. The minimum absolute atomic E-state index is 0.359. The van der Waals surface area contributed by atoms with E-state index in [-0.39, 0.29) is 5.97 Å². The highest BCUT2D eigenvalue weighted by Crippen LogP contribution is 2.17. The first-order chi connectivity index (χ1) is 12.6. The van der Waals surface area contributed by atoms with Gasteiger partial charge >= 0.3 is 5.97 Å². The topological polar surface area (TPSA) is 50.4 Å².